The molecule has 1 saturated carbocycles. The Bertz CT molecular complexity index is 466. The largest absolute Gasteiger partial charge is 0.311 e. The molecule has 1 aromatic rings. The van der Waals surface area contributed by atoms with Crippen molar-refractivity contribution < 1.29 is 0 Å². The van der Waals surface area contributed by atoms with E-state index in [0.717, 1.165) is 0 Å². The Morgan fingerprint density at radius 3 is 2.14 bits per heavy atom. The number of hydrogen-bond donors (Lipinski definition) is 1. The summed E-state index contributed by atoms with van der Waals surface area (Å²) < 4.78 is 0. The fraction of sp³-hybridized carbons (Fsp3) is 0.647. The minimum atomic E-state index is 0.141. The molecule has 21 heavy (non-hydrogen) atoms. The summed E-state index contributed by atoms with van der Waals surface area (Å²) >= 11 is 12.3. The average Bonchev–Trinajstić information content (AvgIpc) is 2.70. The molecule has 2 nitrogen and oxygen atoms in total. The van der Waals surface area contributed by atoms with Crippen LogP contribution in [0, 0.1) is 0 Å². The highest BCUT2D eigenvalue weighted by Gasteiger charge is 2.41. The fourth-order valence-electron chi connectivity index (χ4n) is 3.77. The van der Waals surface area contributed by atoms with Crippen molar-refractivity contribution in [1.29, 1.82) is 0 Å². The summed E-state index contributed by atoms with van der Waals surface area (Å²) in [6.45, 7) is 0. The molecule has 0 aromatic heterocycles. The molecule has 1 aliphatic rings. The molecule has 1 atom stereocenters. The maximum Gasteiger partial charge on any atom is 0.0595 e. The van der Waals surface area contributed by atoms with Gasteiger partial charge in [0.25, 0.3) is 0 Å². The van der Waals surface area contributed by atoms with Crippen LogP contribution < -0.4 is 5.32 Å². The van der Waals surface area contributed by atoms with Gasteiger partial charge >= 0.3 is 0 Å². The summed E-state index contributed by atoms with van der Waals surface area (Å²) in [5, 5.41) is 4.80. The maximum absolute atomic E-state index is 6.24. The Hall–Kier alpha value is -0.280. The van der Waals surface area contributed by atoms with Crippen LogP contribution in [0.5, 0.6) is 0 Å². The third-order valence-corrected chi connectivity index (χ3v) is 5.70. The molecule has 1 aliphatic carbocycles. The molecule has 0 aliphatic heterocycles. The van der Waals surface area contributed by atoms with Crippen LogP contribution in [0.25, 0.3) is 0 Å². The minimum Gasteiger partial charge on any atom is -0.311 e. The van der Waals surface area contributed by atoms with Gasteiger partial charge in [-0.25, -0.2) is 0 Å². The van der Waals surface area contributed by atoms with Crippen LogP contribution in [0.2, 0.25) is 10.0 Å². The molecule has 0 amide bonds. The number of nitrogens with zero attached hydrogens (tertiary/aromatic N) is 1. The first-order valence-electron chi connectivity index (χ1n) is 7.81. The van der Waals surface area contributed by atoms with Gasteiger partial charge < -0.3 is 10.2 Å². The van der Waals surface area contributed by atoms with Crippen LogP contribution in [0.1, 0.15) is 50.1 Å². The van der Waals surface area contributed by atoms with Crippen LogP contribution >= 0.6 is 23.2 Å². The Labute approximate surface area is 138 Å². The first-order chi connectivity index (χ1) is 10.0. The van der Waals surface area contributed by atoms with E-state index in [-0.39, 0.29) is 11.6 Å². The molecule has 0 spiro atoms. The second kappa shape index (κ2) is 7.32. The van der Waals surface area contributed by atoms with E-state index in [1.807, 2.05) is 19.2 Å². The third kappa shape index (κ3) is 3.56. The van der Waals surface area contributed by atoms with Gasteiger partial charge in [-0.15, -0.1) is 0 Å². The highest BCUT2D eigenvalue weighted by Crippen LogP contribution is 2.41. The zero-order chi connectivity index (χ0) is 15.5. The van der Waals surface area contributed by atoms with Crippen molar-refractivity contribution in [2.75, 3.05) is 21.1 Å². The molecule has 0 radical (unpaired) electrons. The van der Waals surface area contributed by atoms with Crippen LogP contribution in [-0.2, 0) is 0 Å². The van der Waals surface area contributed by atoms with Gasteiger partial charge in [-0.05, 0) is 51.7 Å². The van der Waals surface area contributed by atoms with Crippen molar-refractivity contribution in [3.63, 3.8) is 0 Å². The predicted octanol–water partition coefficient (Wildman–Crippen LogP) is 4.91. The van der Waals surface area contributed by atoms with Gasteiger partial charge in [-0.3, -0.25) is 0 Å². The molecule has 4 heteroatoms. The summed E-state index contributed by atoms with van der Waals surface area (Å²) in [5.41, 5.74) is 1.37. The average molecular weight is 329 g/mol. The molecule has 0 bridgehead atoms. The molecule has 1 N–H and O–H groups in total. The van der Waals surface area contributed by atoms with E-state index in [2.05, 4.69) is 30.4 Å². The fourth-order valence-corrected chi connectivity index (χ4v) is 4.08. The van der Waals surface area contributed by atoms with Crippen LogP contribution in [0.4, 0.5) is 0 Å². The van der Waals surface area contributed by atoms with Gasteiger partial charge in [0, 0.05) is 5.54 Å². The first kappa shape index (κ1) is 17.1. The van der Waals surface area contributed by atoms with E-state index in [1.54, 1.807) is 0 Å². The molecule has 0 saturated heterocycles. The van der Waals surface area contributed by atoms with Crippen molar-refractivity contribution >= 4 is 23.2 Å². The molecule has 2 rings (SSSR count). The topological polar surface area (TPSA) is 15.3 Å². The highest BCUT2D eigenvalue weighted by atomic mass is 35.5. The highest BCUT2D eigenvalue weighted by molar-refractivity contribution is 6.42. The first-order valence-corrected chi connectivity index (χ1v) is 8.56. The van der Waals surface area contributed by atoms with Crippen molar-refractivity contribution in [2.45, 2.75) is 50.1 Å². The molecular formula is C17H26Cl2N2. The van der Waals surface area contributed by atoms with E-state index in [4.69, 9.17) is 23.2 Å². The zero-order valence-electron chi connectivity index (χ0n) is 13.3. The number of hydrogen-bond acceptors (Lipinski definition) is 2. The van der Waals surface area contributed by atoms with Gasteiger partial charge in [-0.2, -0.15) is 0 Å². The van der Waals surface area contributed by atoms with Crippen molar-refractivity contribution in [1.82, 2.24) is 10.2 Å². The number of halogens is 2. The van der Waals surface area contributed by atoms with Gasteiger partial charge in [0.15, 0.2) is 0 Å². The summed E-state index contributed by atoms with van der Waals surface area (Å²) in [5.74, 6) is 0. The molecule has 1 unspecified atom stereocenters. The summed E-state index contributed by atoms with van der Waals surface area (Å²) in [6.07, 6.45) is 7.69. The lowest BCUT2D eigenvalue weighted by Gasteiger charge is -2.46. The predicted molar refractivity (Wildman–Crippen MR) is 92.4 cm³/mol. The normalized spacial score (nSPS) is 20.3. The lowest BCUT2D eigenvalue weighted by molar-refractivity contribution is 0.0834. The van der Waals surface area contributed by atoms with Gasteiger partial charge in [-0.1, -0.05) is 55.0 Å². The summed E-state index contributed by atoms with van der Waals surface area (Å²) in [7, 11) is 6.45. The second-order valence-electron chi connectivity index (χ2n) is 6.31. The Kier molecular flexibility index (Phi) is 5.96. The van der Waals surface area contributed by atoms with Gasteiger partial charge in [0.1, 0.15) is 0 Å². The number of benzene rings is 1. The van der Waals surface area contributed by atoms with E-state index in [9.17, 15) is 0 Å². The lowest BCUT2D eigenvalue weighted by atomic mass is 9.78. The van der Waals surface area contributed by atoms with Gasteiger partial charge in [0.05, 0.1) is 16.1 Å². The smallest absolute Gasteiger partial charge is 0.0595 e. The van der Waals surface area contributed by atoms with E-state index in [1.165, 1.54) is 44.1 Å². The summed E-state index contributed by atoms with van der Waals surface area (Å²) in [4.78, 5) is 2.40. The molecule has 1 fully saturated rings. The Morgan fingerprint density at radius 2 is 1.67 bits per heavy atom. The SMILES string of the molecule is CNC(c1ccc(Cl)c(Cl)c1)C1(N(C)C)CCCCCC1. The quantitative estimate of drug-likeness (QED) is 0.790. The second-order valence-corrected chi connectivity index (χ2v) is 7.12. The van der Waals surface area contributed by atoms with E-state index in [0.29, 0.717) is 10.0 Å². The lowest BCUT2D eigenvalue weighted by Crippen LogP contribution is -2.52. The van der Waals surface area contributed by atoms with Crippen LogP contribution in [-0.4, -0.2) is 31.6 Å². The summed E-state index contributed by atoms with van der Waals surface area (Å²) in [6, 6.07) is 6.29. The maximum atomic E-state index is 6.24. The van der Waals surface area contributed by atoms with E-state index >= 15 is 0 Å². The number of rotatable bonds is 4. The standard InChI is InChI=1S/C17H26Cl2N2/c1-20-16(13-8-9-14(18)15(19)12-13)17(21(2)3)10-6-4-5-7-11-17/h8-9,12,16,20H,4-7,10-11H2,1-3H3. The van der Waals surface area contributed by atoms with Crippen molar-refractivity contribution in [2.24, 2.45) is 0 Å². The van der Waals surface area contributed by atoms with Crippen molar-refractivity contribution in [3.8, 4) is 0 Å². The Morgan fingerprint density at radius 1 is 1.05 bits per heavy atom. The number of nitrogens with one attached hydrogen (secondary N) is 1. The molecule has 0 heterocycles. The molecule has 1 aromatic carbocycles. The Balaban J connectivity index is 2.41. The van der Waals surface area contributed by atoms with Crippen molar-refractivity contribution in [3.05, 3.63) is 33.8 Å². The third-order valence-electron chi connectivity index (χ3n) is 4.96. The monoisotopic (exact) mass is 328 g/mol. The van der Waals surface area contributed by atoms with Crippen LogP contribution in [0.3, 0.4) is 0 Å². The number of likely N-dealkylation sites (N-methyl/N-ethyl adjacent to an activating group) is 2. The molecule has 118 valence electrons. The van der Waals surface area contributed by atoms with E-state index < -0.39 is 0 Å². The minimum absolute atomic E-state index is 0.141. The van der Waals surface area contributed by atoms with Gasteiger partial charge in [0.2, 0.25) is 0 Å². The zero-order valence-corrected chi connectivity index (χ0v) is 14.8. The molecular weight excluding hydrogens is 303 g/mol. The van der Waals surface area contributed by atoms with Crippen LogP contribution in [0.15, 0.2) is 18.2 Å².